The number of rotatable bonds is 7. The summed E-state index contributed by atoms with van der Waals surface area (Å²) in [4.78, 5) is 38.8. The number of benzene rings is 4. The summed E-state index contributed by atoms with van der Waals surface area (Å²) >= 11 is 0. The van der Waals surface area contributed by atoms with Gasteiger partial charge in [-0.1, -0.05) is 48.5 Å². The zero-order valence-electron chi connectivity index (χ0n) is 19.6. The van der Waals surface area contributed by atoms with E-state index in [1.165, 1.54) is 0 Å². The van der Waals surface area contributed by atoms with E-state index in [4.69, 9.17) is 9.72 Å². The van der Waals surface area contributed by atoms with Gasteiger partial charge in [0.1, 0.15) is 11.5 Å². The van der Waals surface area contributed by atoms with E-state index in [1.807, 2.05) is 54.6 Å². The van der Waals surface area contributed by atoms with Crippen molar-refractivity contribution in [1.82, 2.24) is 4.98 Å². The van der Waals surface area contributed by atoms with E-state index in [0.717, 1.165) is 23.8 Å². The van der Waals surface area contributed by atoms with Gasteiger partial charge >= 0.3 is 0 Å². The van der Waals surface area contributed by atoms with Gasteiger partial charge < -0.3 is 10.1 Å². The standard InChI is InChI=1S/C28H18N4O6/c33-28(25-17-27(18-6-2-1-3-7-18)30-26-9-5-4-8-24(25)26)29-19-10-12-22(13-11-19)38-23-15-20(31(34)35)14-21(16-23)32(36)37/h1-17H,(H,29,33). The highest BCUT2D eigenvalue weighted by molar-refractivity contribution is 6.13. The number of non-ortho nitro benzene ring substituents is 2. The van der Waals surface area contributed by atoms with E-state index in [-0.39, 0.29) is 17.4 Å². The van der Waals surface area contributed by atoms with Crippen LogP contribution in [0.1, 0.15) is 10.4 Å². The number of anilines is 1. The predicted molar refractivity (Wildman–Crippen MR) is 141 cm³/mol. The third-order valence-corrected chi connectivity index (χ3v) is 5.68. The molecule has 1 aromatic heterocycles. The van der Waals surface area contributed by atoms with E-state index in [9.17, 15) is 25.0 Å². The van der Waals surface area contributed by atoms with Crippen LogP contribution >= 0.6 is 0 Å². The summed E-state index contributed by atoms with van der Waals surface area (Å²) in [5.41, 5.74) is 2.26. The Bertz CT molecular complexity index is 1660. The lowest BCUT2D eigenvalue weighted by Crippen LogP contribution is -2.13. The summed E-state index contributed by atoms with van der Waals surface area (Å²) in [7, 11) is 0. The SMILES string of the molecule is O=C(Nc1ccc(Oc2cc([N+](=O)[O-])cc([N+](=O)[O-])c2)cc1)c1cc(-c2ccccc2)nc2ccccc12. The van der Waals surface area contributed by atoms with Gasteiger partial charge in [-0.25, -0.2) is 4.98 Å². The first kappa shape index (κ1) is 24.1. The second-order valence-electron chi connectivity index (χ2n) is 8.22. The molecule has 0 aliphatic rings. The Morgan fingerprint density at radius 2 is 1.37 bits per heavy atom. The number of nitro benzene ring substituents is 2. The van der Waals surface area contributed by atoms with Crippen molar-refractivity contribution in [2.24, 2.45) is 0 Å². The van der Waals surface area contributed by atoms with Crippen LogP contribution in [-0.2, 0) is 0 Å². The molecule has 0 unspecified atom stereocenters. The van der Waals surface area contributed by atoms with Crippen molar-refractivity contribution >= 4 is 33.9 Å². The van der Waals surface area contributed by atoms with Crippen LogP contribution in [0.15, 0.2) is 103 Å². The molecule has 10 nitrogen and oxygen atoms in total. The Labute approximate surface area is 215 Å². The van der Waals surface area contributed by atoms with Crippen molar-refractivity contribution in [3.05, 3.63) is 129 Å². The smallest absolute Gasteiger partial charge is 0.280 e. The average Bonchev–Trinajstić information content (AvgIpc) is 2.93. The molecule has 0 saturated carbocycles. The maximum Gasteiger partial charge on any atom is 0.280 e. The molecule has 5 rings (SSSR count). The molecule has 38 heavy (non-hydrogen) atoms. The fraction of sp³-hybridized carbons (Fsp3) is 0. The predicted octanol–water partition coefficient (Wildman–Crippen LogP) is 6.76. The summed E-state index contributed by atoms with van der Waals surface area (Å²) in [6, 6.07) is 28.0. The van der Waals surface area contributed by atoms with Crippen molar-refractivity contribution in [2.75, 3.05) is 5.32 Å². The van der Waals surface area contributed by atoms with Gasteiger partial charge in [0.2, 0.25) is 0 Å². The number of nitrogens with one attached hydrogen (secondary N) is 1. The minimum Gasteiger partial charge on any atom is -0.457 e. The molecule has 1 amide bonds. The normalized spacial score (nSPS) is 10.6. The van der Waals surface area contributed by atoms with E-state index >= 15 is 0 Å². The highest BCUT2D eigenvalue weighted by Gasteiger charge is 2.18. The van der Waals surface area contributed by atoms with Gasteiger partial charge in [0.25, 0.3) is 17.3 Å². The lowest BCUT2D eigenvalue weighted by molar-refractivity contribution is -0.394. The molecular formula is C28H18N4O6. The molecule has 4 aromatic carbocycles. The number of nitro groups is 2. The van der Waals surface area contributed by atoms with Crippen molar-refractivity contribution in [3.8, 4) is 22.8 Å². The number of carbonyl (C=O) groups is 1. The number of aromatic nitrogens is 1. The van der Waals surface area contributed by atoms with E-state index in [1.54, 1.807) is 30.3 Å². The fourth-order valence-electron chi connectivity index (χ4n) is 3.90. The average molecular weight is 506 g/mol. The maximum absolute atomic E-state index is 13.3. The van der Waals surface area contributed by atoms with Crippen LogP contribution in [0.25, 0.3) is 22.2 Å². The van der Waals surface area contributed by atoms with Crippen LogP contribution in [0.5, 0.6) is 11.5 Å². The van der Waals surface area contributed by atoms with Crippen molar-refractivity contribution in [1.29, 1.82) is 0 Å². The monoisotopic (exact) mass is 506 g/mol. The fourth-order valence-corrected chi connectivity index (χ4v) is 3.90. The second-order valence-corrected chi connectivity index (χ2v) is 8.22. The van der Waals surface area contributed by atoms with E-state index < -0.39 is 21.2 Å². The molecule has 0 radical (unpaired) electrons. The van der Waals surface area contributed by atoms with Crippen LogP contribution in [-0.4, -0.2) is 20.7 Å². The number of hydrogen-bond acceptors (Lipinski definition) is 7. The number of ether oxygens (including phenoxy) is 1. The van der Waals surface area contributed by atoms with Crippen molar-refractivity contribution in [3.63, 3.8) is 0 Å². The van der Waals surface area contributed by atoms with E-state index in [2.05, 4.69) is 5.32 Å². The topological polar surface area (TPSA) is 138 Å². The summed E-state index contributed by atoms with van der Waals surface area (Å²) in [6.45, 7) is 0. The second kappa shape index (κ2) is 10.2. The van der Waals surface area contributed by atoms with Gasteiger partial charge in [-0.05, 0) is 36.4 Å². The number of fused-ring (bicyclic) bond motifs is 1. The highest BCUT2D eigenvalue weighted by Crippen LogP contribution is 2.31. The zero-order valence-corrected chi connectivity index (χ0v) is 19.6. The number of pyridine rings is 1. The van der Waals surface area contributed by atoms with Gasteiger partial charge in [0, 0.05) is 16.6 Å². The third kappa shape index (κ3) is 5.14. The molecule has 0 aliphatic carbocycles. The number of carbonyl (C=O) groups excluding carboxylic acids is 1. The Hall–Kier alpha value is -5.64. The molecule has 10 heteroatoms. The number of nitrogens with zero attached hydrogens (tertiary/aromatic N) is 3. The molecule has 1 N–H and O–H groups in total. The van der Waals surface area contributed by atoms with Gasteiger partial charge in [-0.3, -0.25) is 25.0 Å². The minimum absolute atomic E-state index is 0.0561. The lowest BCUT2D eigenvalue weighted by Gasteiger charge is -2.11. The molecule has 0 bridgehead atoms. The number of hydrogen-bond donors (Lipinski definition) is 1. The third-order valence-electron chi connectivity index (χ3n) is 5.68. The summed E-state index contributed by atoms with van der Waals surface area (Å²) in [6.07, 6.45) is 0. The summed E-state index contributed by atoms with van der Waals surface area (Å²) in [5.74, 6) is -0.110. The number of para-hydroxylation sites is 1. The molecule has 5 aromatic rings. The molecule has 1 heterocycles. The molecular weight excluding hydrogens is 488 g/mol. The van der Waals surface area contributed by atoms with Crippen LogP contribution < -0.4 is 10.1 Å². The molecule has 0 spiro atoms. The van der Waals surface area contributed by atoms with Crippen LogP contribution in [0, 0.1) is 20.2 Å². The Kier molecular flexibility index (Phi) is 6.43. The molecule has 0 aliphatic heterocycles. The van der Waals surface area contributed by atoms with Gasteiger partial charge in [0.05, 0.1) is 44.8 Å². The van der Waals surface area contributed by atoms with Gasteiger partial charge in [-0.2, -0.15) is 0 Å². The van der Waals surface area contributed by atoms with Crippen molar-refractivity contribution in [2.45, 2.75) is 0 Å². The van der Waals surface area contributed by atoms with Crippen molar-refractivity contribution < 1.29 is 19.4 Å². The van der Waals surface area contributed by atoms with E-state index in [0.29, 0.717) is 27.8 Å². The molecule has 0 saturated heterocycles. The Balaban J connectivity index is 1.39. The maximum atomic E-state index is 13.3. The zero-order chi connectivity index (χ0) is 26.6. The van der Waals surface area contributed by atoms with Gasteiger partial charge in [-0.15, -0.1) is 0 Å². The van der Waals surface area contributed by atoms with Gasteiger partial charge in [0.15, 0.2) is 0 Å². The highest BCUT2D eigenvalue weighted by atomic mass is 16.6. The number of amides is 1. The van der Waals surface area contributed by atoms with Crippen LogP contribution in [0.2, 0.25) is 0 Å². The molecule has 186 valence electrons. The Morgan fingerprint density at radius 3 is 2.03 bits per heavy atom. The van der Waals surface area contributed by atoms with Crippen LogP contribution in [0.4, 0.5) is 17.1 Å². The first-order chi connectivity index (χ1) is 18.4. The molecule has 0 fully saturated rings. The molecule has 0 atom stereocenters. The lowest BCUT2D eigenvalue weighted by atomic mass is 10.0. The summed E-state index contributed by atoms with van der Waals surface area (Å²) in [5, 5.41) is 25.8. The largest absolute Gasteiger partial charge is 0.457 e. The Morgan fingerprint density at radius 1 is 0.737 bits per heavy atom. The minimum atomic E-state index is -0.732. The summed E-state index contributed by atoms with van der Waals surface area (Å²) < 4.78 is 5.60. The first-order valence-electron chi connectivity index (χ1n) is 11.4. The first-order valence-corrected chi connectivity index (χ1v) is 11.4. The van der Waals surface area contributed by atoms with Crippen LogP contribution in [0.3, 0.4) is 0 Å². The quantitative estimate of drug-likeness (QED) is 0.190.